The molecule has 0 fully saturated rings. The highest BCUT2D eigenvalue weighted by atomic mass is 19.4. The molecule has 24 heavy (non-hydrogen) atoms. The maximum atomic E-state index is 12.1. The second kappa shape index (κ2) is 7.97. The summed E-state index contributed by atoms with van der Waals surface area (Å²) in [5, 5.41) is 2.77. The first-order valence-corrected chi connectivity index (χ1v) is 7.51. The first kappa shape index (κ1) is 18.0. The van der Waals surface area contributed by atoms with E-state index in [1.165, 1.54) is 5.56 Å². The number of nitrogens with one attached hydrogen (secondary N) is 1. The summed E-state index contributed by atoms with van der Waals surface area (Å²) in [4.78, 5) is 12.1. The van der Waals surface area contributed by atoms with Crippen molar-refractivity contribution in [1.29, 1.82) is 0 Å². The molecule has 2 rings (SSSR count). The molecule has 6 heteroatoms. The van der Waals surface area contributed by atoms with Crippen LogP contribution in [0.25, 0.3) is 0 Å². The zero-order chi connectivity index (χ0) is 17.6. The molecule has 0 radical (unpaired) electrons. The number of carbonyl (C=O) groups excluding carboxylic acids is 1. The fourth-order valence-electron chi connectivity index (χ4n) is 2.06. The number of ether oxygens (including phenoxy) is 1. The van der Waals surface area contributed by atoms with Crippen LogP contribution in [-0.4, -0.2) is 18.7 Å². The SMILES string of the molecule is CCc1ccc(NC(=O)c2ccc(COCC(F)(F)F)cc2)cc1. The lowest BCUT2D eigenvalue weighted by Crippen LogP contribution is -2.16. The third kappa shape index (κ3) is 5.70. The lowest BCUT2D eigenvalue weighted by Gasteiger charge is -2.09. The maximum Gasteiger partial charge on any atom is 0.411 e. The van der Waals surface area contributed by atoms with Gasteiger partial charge in [0.2, 0.25) is 0 Å². The van der Waals surface area contributed by atoms with Gasteiger partial charge in [0.1, 0.15) is 6.61 Å². The van der Waals surface area contributed by atoms with Crippen LogP contribution in [-0.2, 0) is 17.8 Å². The zero-order valence-electron chi connectivity index (χ0n) is 13.2. The first-order valence-electron chi connectivity index (χ1n) is 7.51. The van der Waals surface area contributed by atoms with Gasteiger partial charge in [0.25, 0.3) is 5.91 Å². The number of alkyl halides is 3. The molecule has 2 aromatic carbocycles. The molecule has 0 bridgehead atoms. The Morgan fingerprint density at radius 1 is 1.00 bits per heavy atom. The van der Waals surface area contributed by atoms with Crippen molar-refractivity contribution in [3.05, 3.63) is 65.2 Å². The van der Waals surface area contributed by atoms with E-state index in [4.69, 9.17) is 0 Å². The molecule has 0 aromatic heterocycles. The van der Waals surface area contributed by atoms with Gasteiger partial charge in [-0.05, 0) is 41.8 Å². The Bertz CT molecular complexity index is 664. The van der Waals surface area contributed by atoms with Gasteiger partial charge in [-0.25, -0.2) is 0 Å². The molecule has 0 aliphatic carbocycles. The summed E-state index contributed by atoms with van der Waals surface area (Å²) in [7, 11) is 0. The number of aryl methyl sites for hydroxylation is 1. The van der Waals surface area contributed by atoms with Crippen molar-refractivity contribution < 1.29 is 22.7 Å². The van der Waals surface area contributed by atoms with Crippen molar-refractivity contribution in [2.24, 2.45) is 0 Å². The predicted octanol–water partition coefficient (Wildman–Crippen LogP) is 4.58. The van der Waals surface area contributed by atoms with Crippen LogP contribution in [0.2, 0.25) is 0 Å². The van der Waals surface area contributed by atoms with Crippen molar-refractivity contribution in [3.8, 4) is 0 Å². The highest BCUT2D eigenvalue weighted by molar-refractivity contribution is 6.04. The van der Waals surface area contributed by atoms with Crippen molar-refractivity contribution in [2.45, 2.75) is 26.1 Å². The number of hydrogen-bond acceptors (Lipinski definition) is 2. The molecule has 0 heterocycles. The number of carbonyl (C=O) groups is 1. The van der Waals surface area contributed by atoms with E-state index < -0.39 is 12.8 Å². The molecule has 2 aromatic rings. The Labute approximate surface area is 138 Å². The maximum absolute atomic E-state index is 12.1. The van der Waals surface area contributed by atoms with Crippen LogP contribution >= 0.6 is 0 Å². The van der Waals surface area contributed by atoms with Gasteiger partial charge in [0.05, 0.1) is 6.61 Å². The van der Waals surface area contributed by atoms with Gasteiger partial charge in [-0.15, -0.1) is 0 Å². The van der Waals surface area contributed by atoms with E-state index in [0.717, 1.165) is 6.42 Å². The molecule has 0 atom stereocenters. The summed E-state index contributed by atoms with van der Waals surface area (Å²) in [6.45, 7) is 0.608. The molecule has 3 nitrogen and oxygen atoms in total. The number of benzene rings is 2. The van der Waals surface area contributed by atoms with E-state index in [9.17, 15) is 18.0 Å². The Hall–Kier alpha value is -2.34. The number of amides is 1. The van der Waals surface area contributed by atoms with E-state index in [-0.39, 0.29) is 12.5 Å². The molecule has 0 saturated heterocycles. The third-order valence-electron chi connectivity index (χ3n) is 3.37. The van der Waals surface area contributed by atoms with Crippen LogP contribution < -0.4 is 5.32 Å². The molecular formula is C18H18F3NO2. The summed E-state index contributed by atoms with van der Waals surface area (Å²) < 4.78 is 40.6. The summed E-state index contributed by atoms with van der Waals surface area (Å²) in [6, 6.07) is 13.8. The van der Waals surface area contributed by atoms with Gasteiger partial charge in [0, 0.05) is 11.3 Å². The van der Waals surface area contributed by atoms with Gasteiger partial charge in [-0.3, -0.25) is 4.79 Å². The topological polar surface area (TPSA) is 38.3 Å². The van der Waals surface area contributed by atoms with E-state index in [1.54, 1.807) is 24.3 Å². The molecule has 0 saturated carbocycles. The van der Waals surface area contributed by atoms with Crippen LogP contribution in [0.1, 0.15) is 28.4 Å². The van der Waals surface area contributed by atoms with Crippen LogP contribution in [0.5, 0.6) is 0 Å². The minimum Gasteiger partial charge on any atom is -0.367 e. The molecule has 0 aliphatic heterocycles. The van der Waals surface area contributed by atoms with E-state index in [1.807, 2.05) is 31.2 Å². The minimum absolute atomic E-state index is 0.153. The lowest BCUT2D eigenvalue weighted by molar-refractivity contribution is -0.176. The summed E-state index contributed by atoms with van der Waals surface area (Å²) in [5.74, 6) is -0.276. The largest absolute Gasteiger partial charge is 0.411 e. The summed E-state index contributed by atoms with van der Waals surface area (Å²) in [5.41, 5.74) is 2.86. The monoisotopic (exact) mass is 337 g/mol. The van der Waals surface area contributed by atoms with E-state index in [2.05, 4.69) is 10.1 Å². The van der Waals surface area contributed by atoms with Gasteiger partial charge < -0.3 is 10.1 Å². The second-order valence-electron chi connectivity index (χ2n) is 5.31. The lowest BCUT2D eigenvalue weighted by atomic mass is 10.1. The molecule has 0 spiro atoms. The smallest absolute Gasteiger partial charge is 0.367 e. The standard InChI is InChI=1S/C18H18F3NO2/c1-2-13-5-9-16(10-6-13)22-17(23)15-7-3-14(4-8-15)11-24-12-18(19,20)21/h3-10H,2,11-12H2,1H3,(H,22,23). The minimum atomic E-state index is -4.34. The van der Waals surface area contributed by atoms with E-state index >= 15 is 0 Å². The van der Waals surface area contributed by atoms with Crippen molar-refractivity contribution in [1.82, 2.24) is 0 Å². The van der Waals surface area contributed by atoms with Crippen LogP contribution in [0, 0.1) is 0 Å². The van der Waals surface area contributed by atoms with Crippen molar-refractivity contribution in [2.75, 3.05) is 11.9 Å². The van der Waals surface area contributed by atoms with Gasteiger partial charge >= 0.3 is 6.18 Å². The number of hydrogen-bond donors (Lipinski definition) is 1. The van der Waals surface area contributed by atoms with Crippen LogP contribution in [0.4, 0.5) is 18.9 Å². The number of rotatable bonds is 6. The predicted molar refractivity (Wildman–Crippen MR) is 85.9 cm³/mol. The summed E-state index contributed by atoms with van der Waals surface area (Å²) >= 11 is 0. The third-order valence-corrected chi connectivity index (χ3v) is 3.37. The van der Waals surface area contributed by atoms with Crippen LogP contribution in [0.15, 0.2) is 48.5 Å². The fraction of sp³-hybridized carbons (Fsp3) is 0.278. The summed E-state index contributed by atoms with van der Waals surface area (Å²) in [6.07, 6.45) is -3.42. The molecule has 1 amide bonds. The van der Waals surface area contributed by atoms with Gasteiger partial charge in [0.15, 0.2) is 0 Å². The number of anilines is 1. The molecule has 0 aliphatic rings. The highest BCUT2D eigenvalue weighted by Gasteiger charge is 2.27. The molecule has 0 unspecified atom stereocenters. The van der Waals surface area contributed by atoms with Gasteiger partial charge in [-0.2, -0.15) is 13.2 Å². The Balaban J connectivity index is 1.90. The molecular weight excluding hydrogens is 319 g/mol. The van der Waals surface area contributed by atoms with Crippen molar-refractivity contribution >= 4 is 11.6 Å². The second-order valence-corrected chi connectivity index (χ2v) is 5.31. The number of halogens is 3. The van der Waals surface area contributed by atoms with Gasteiger partial charge in [-0.1, -0.05) is 31.2 Å². The Kier molecular flexibility index (Phi) is 5.98. The molecule has 128 valence electrons. The zero-order valence-corrected chi connectivity index (χ0v) is 13.2. The van der Waals surface area contributed by atoms with Crippen molar-refractivity contribution in [3.63, 3.8) is 0 Å². The molecule has 1 N–H and O–H groups in total. The van der Waals surface area contributed by atoms with E-state index in [0.29, 0.717) is 16.8 Å². The Morgan fingerprint density at radius 3 is 2.12 bits per heavy atom. The highest BCUT2D eigenvalue weighted by Crippen LogP contribution is 2.16. The average molecular weight is 337 g/mol. The quantitative estimate of drug-likeness (QED) is 0.838. The normalized spacial score (nSPS) is 11.3. The van der Waals surface area contributed by atoms with Crippen LogP contribution in [0.3, 0.4) is 0 Å². The Morgan fingerprint density at radius 2 is 1.58 bits per heavy atom. The first-order chi connectivity index (χ1) is 11.4. The average Bonchev–Trinajstić information content (AvgIpc) is 2.55. The fourth-order valence-corrected chi connectivity index (χ4v) is 2.06.